The zero-order chi connectivity index (χ0) is 11.4. The van der Waals surface area contributed by atoms with Crippen LogP contribution in [-0.2, 0) is 6.54 Å². The molecule has 16 heavy (non-hydrogen) atoms. The van der Waals surface area contributed by atoms with E-state index < -0.39 is 0 Å². The van der Waals surface area contributed by atoms with Crippen LogP contribution in [0.4, 0.5) is 0 Å². The molecule has 0 aliphatic rings. The first kappa shape index (κ1) is 11.8. The first-order valence-electron chi connectivity index (χ1n) is 5.27. The molecule has 0 amide bonds. The van der Waals surface area contributed by atoms with Gasteiger partial charge in [0.15, 0.2) is 0 Å². The van der Waals surface area contributed by atoms with Gasteiger partial charge in [-0.25, -0.2) is 0 Å². The lowest BCUT2D eigenvalue weighted by atomic mass is 10.2. The molecule has 1 N–H and O–H groups in total. The fraction of sp³-hybridized carbons (Fsp3) is 0.231. The van der Waals surface area contributed by atoms with Crippen molar-refractivity contribution < 1.29 is 0 Å². The Labute approximate surface area is 109 Å². The molecule has 84 valence electrons. The highest BCUT2D eigenvalue weighted by molar-refractivity contribution is 9.10. The largest absolute Gasteiger partial charge is 0.305 e. The van der Waals surface area contributed by atoms with Crippen LogP contribution in [0.1, 0.15) is 23.4 Å². The third kappa shape index (κ3) is 3.17. The standard InChI is InChI=1S/C13H14BrNS/c1-10(13-3-2-8-16-13)15-9-11-4-6-12(14)7-5-11/h2-8,10,15H,9H2,1H3/t10-/m0/s1. The summed E-state index contributed by atoms with van der Waals surface area (Å²) in [6.07, 6.45) is 0. The fourth-order valence-electron chi connectivity index (χ4n) is 1.51. The van der Waals surface area contributed by atoms with Crippen molar-refractivity contribution in [1.82, 2.24) is 5.32 Å². The van der Waals surface area contributed by atoms with E-state index in [2.05, 4.69) is 69.9 Å². The van der Waals surface area contributed by atoms with E-state index in [-0.39, 0.29) is 0 Å². The molecule has 0 aliphatic heterocycles. The van der Waals surface area contributed by atoms with Crippen molar-refractivity contribution in [3.8, 4) is 0 Å². The zero-order valence-electron chi connectivity index (χ0n) is 9.11. The predicted molar refractivity (Wildman–Crippen MR) is 73.7 cm³/mol. The highest BCUT2D eigenvalue weighted by Gasteiger charge is 2.04. The molecule has 0 saturated heterocycles. The van der Waals surface area contributed by atoms with E-state index in [9.17, 15) is 0 Å². The summed E-state index contributed by atoms with van der Waals surface area (Å²) in [6, 6.07) is 13.1. The number of hydrogen-bond donors (Lipinski definition) is 1. The summed E-state index contributed by atoms with van der Waals surface area (Å²) >= 11 is 5.24. The molecule has 0 spiro atoms. The number of halogens is 1. The Kier molecular flexibility index (Phi) is 4.16. The number of nitrogens with one attached hydrogen (secondary N) is 1. The van der Waals surface area contributed by atoms with Crippen LogP contribution in [0.25, 0.3) is 0 Å². The summed E-state index contributed by atoms with van der Waals surface area (Å²) in [7, 11) is 0. The van der Waals surface area contributed by atoms with E-state index in [1.165, 1.54) is 10.4 Å². The summed E-state index contributed by atoms with van der Waals surface area (Å²) in [5, 5.41) is 5.63. The van der Waals surface area contributed by atoms with Gasteiger partial charge in [-0.05, 0) is 36.1 Å². The monoisotopic (exact) mass is 295 g/mol. The Balaban J connectivity index is 1.90. The average molecular weight is 296 g/mol. The van der Waals surface area contributed by atoms with Crippen LogP contribution in [0.2, 0.25) is 0 Å². The number of hydrogen-bond acceptors (Lipinski definition) is 2. The Morgan fingerprint density at radius 3 is 2.62 bits per heavy atom. The van der Waals surface area contributed by atoms with Crippen LogP contribution in [0.15, 0.2) is 46.3 Å². The van der Waals surface area contributed by atoms with Crippen molar-refractivity contribution in [2.45, 2.75) is 19.5 Å². The van der Waals surface area contributed by atoms with Crippen molar-refractivity contribution in [2.24, 2.45) is 0 Å². The molecule has 3 heteroatoms. The molecule has 1 atom stereocenters. The third-order valence-corrected chi connectivity index (χ3v) is 4.08. The zero-order valence-corrected chi connectivity index (χ0v) is 11.5. The van der Waals surface area contributed by atoms with Gasteiger partial charge in [0.05, 0.1) is 0 Å². The first-order chi connectivity index (χ1) is 7.75. The van der Waals surface area contributed by atoms with Gasteiger partial charge in [-0.1, -0.05) is 34.1 Å². The minimum Gasteiger partial charge on any atom is -0.305 e. The predicted octanol–water partition coefficient (Wildman–Crippen LogP) is 4.36. The van der Waals surface area contributed by atoms with Gasteiger partial charge in [-0.15, -0.1) is 11.3 Å². The van der Waals surface area contributed by atoms with Crippen molar-refractivity contribution in [3.05, 3.63) is 56.7 Å². The van der Waals surface area contributed by atoms with Crippen molar-refractivity contribution in [3.63, 3.8) is 0 Å². The van der Waals surface area contributed by atoms with Gasteiger partial charge in [-0.2, -0.15) is 0 Å². The van der Waals surface area contributed by atoms with Crippen LogP contribution in [0.5, 0.6) is 0 Å². The van der Waals surface area contributed by atoms with Gasteiger partial charge in [0.1, 0.15) is 0 Å². The normalized spacial score (nSPS) is 12.6. The molecule has 2 rings (SSSR count). The fourth-order valence-corrected chi connectivity index (χ4v) is 2.53. The second-order valence-corrected chi connectivity index (χ2v) is 5.64. The van der Waals surface area contributed by atoms with Crippen molar-refractivity contribution in [1.29, 1.82) is 0 Å². The van der Waals surface area contributed by atoms with Crippen LogP contribution in [-0.4, -0.2) is 0 Å². The lowest BCUT2D eigenvalue weighted by Gasteiger charge is -2.12. The maximum absolute atomic E-state index is 3.52. The summed E-state index contributed by atoms with van der Waals surface area (Å²) in [5.74, 6) is 0. The van der Waals surface area contributed by atoms with Gasteiger partial charge in [0.25, 0.3) is 0 Å². The van der Waals surface area contributed by atoms with Crippen molar-refractivity contribution in [2.75, 3.05) is 0 Å². The van der Waals surface area contributed by atoms with Gasteiger partial charge in [0, 0.05) is 21.9 Å². The Morgan fingerprint density at radius 1 is 1.25 bits per heavy atom. The van der Waals surface area contributed by atoms with Crippen LogP contribution < -0.4 is 5.32 Å². The SMILES string of the molecule is C[C@H](NCc1ccc(Br)cc1)c1cccs1. The molecule has 0 unspecified atom stereocenters. The van der Waals surface area contributed by atoms with Crippen LogP contribution in [0, 0.1) is 0 Å². The molecule has 2 aromatic rings. The average Bonchev–Trinajstić information content (AvgIpc) is 2.81. The highest BCUT2D eigenvalue weighted by atomic mass is 79.9. The Morgan fingerprint density at radius 2 is 2.00 bits per heavy atom. The summed E-state index contributed by atoms with van der Waals surface area (Å²) < 4.78 is 1.13. The van der Waals surface area contributed by atoms with Crippen molar-refractivity contribution >= 4 is 27.3 Å². The Bertz CT molecular complexity index is 422. The third-order valence-electron chi connectivity index (χ3n) is 2.50. The topological polar surface area (TPSA) is 12.0 Å². The number of benzene rings is 1. The summed E-state index contributed by atoms with van der Waals surface area (Å²) in [6.45, 7) is 3.11. The minimum atomic E-state index is 0.420. The lowest BCUT2D eigenvalue weighted by molar-refractivity contribution is 0.583. The molecule has 0 bridgehead atoms. The number of thiophene rings is 1. The van der Waals surface area contributed by atoms with Gasteiger partial charge >= 0.3 is 0 Å². The molecule has 0 radical (unpaired) electrons. The lowest BCUT2D eigenvalue weighted by Crippen LogP contribution is -2.16. The van der Waals surface area contributed by atoms with Gasteiger partial charge in [-0.3, -0.25) is 0 Å². The molecule has 1 nitrogen and oxygen atoms in total. The molecule has 0 saturated carbocycles. The molecule has 1 heterocycles. The van der Waals surface area contributed by atoms with E-state index in [1.54, 1.807) is 11.3 Å². The van der Waals surface area contributed by atoms with Gasteiger partial charge < -0.3 is 5.32 Å². The smallest absolute Gasteiger partial charge is 0.0388 e. The highest BCUT2D eigenvalue weighted by Crippen LogP contribution is 2.18. The molecule has 0 aliphatic carbocycles. The summed E-state index contributed by atoms with van der Waals surface area (Å²) in [5.41, 5.74) is 1.31. The Hall–Kier alpha value is -0.640. The van der Waals surface area contributed by atoms with E-state index in [0.717, 1.165) is 11.0 Å². The van der Waals surface area contributed by atoms with E-state index in [4.69, 9.17) is 0 Å². The quantitative estimate of drug-likeness (QED) is 0.884. The van der Waals surface area contributed by atoms with Gasteiger partial charge in [0.2, 0.25) is 0 Å². The molecule has 1 aromatic heterocycles. The van der Waals surface area contributed by atoms with E-state index >= 15 is 0 Å². The molecular formula is C13H14BrNS. The van der Waals surface area contributed by atoms with E-state index in [1.807, 2.05) is 0 Å². The second kappa shape index (κ2) is 5.62. The van der Waals surface area contributed by atoms with E-state index in [0.29, 0.717) is 6.04 Å². The number of rotatable bonds is 4. The minimum absolute atomic E-state index is 0.420. The molecular weight excluding hydrogens is 282 g/mol. The summed E-state index contributed by atoms with van der Waals surface area (Å²) in [4.78, 5) is 1.39. The maximum atomic E-state index is 3.52. The maximum Gasteiger partial charge on any atom is 0.0388 e. The molecule has 1 aromatic carbocycles. The van der Waals surface area contributed by atoms with Crippen LogP contribution >= 0.6 is 27.3 Å². The molecule has 0 fully saturated rings. The first-order valence-corrected chi connectivity index (χ1v) is 6.94. The van der Waals surface area contributed by atoms with Crippen LogP contribution in [0.3, 0.4) is 0 Å². The second-order valence-electron chi connectivity index (χ2n) is 3.74.